The molecule has 1 unspecified atom stereocenters. The van der Waals surface area contributed by atoms with Gasteiger partial charge in [0.15, 0.2) is 12.0 Å². The molecule has 4 nitrogen and oxygen atoms in total. The molecule has 7 heteroatoms. The Balaban J connectivity index is 4.10. The quantitative estimate of drug-likeness (QED) is 0.449. The van der Waals surface area contributed by atoms with Crippen molar-refractivity contribution in [3.8, 4) is 0 Å². The lowest BCUT2D eigenvalue weighted by Gasteiger charge is -2.22. The second-order valence-electron chi connectivity index (χ2n) is 2.22. The first-order chi connectivity index (χ1) is 5.88. The van der Waals surface area contributed by atoms with Crippen molar-refractivity contribution in [1.82, 2.24) is 5.32 Å². The molecule has 0 aliphatic heterocycles. The minimum Gasteiger partial charge on any atom is -0.346 e. The summed E-state index contributed by atoms with van der Waals surface area (Å²) < 4.78 is 3.03. The molecule has 0 aliphatic carbocycles. The van der Waals surface area contributed by atoms with E-state index >= 15 is 0 Å². The first-order valence-electron chi connectivity index (χ1n) is 3.25. The van der Waals surface area contributed by atoms with Crippen molar-refractivity contribution in [2.45, 2.75) is 16.9 Å². The van der Waals surface area contributed by atoms with E-state index in [0.717, 1.165) is 0 Å². The van der Waals surface area contributed by atoms with Crippen molar-refractivity contribution < 1.29 is 14.3 Å². The van der Waals surface area contributed by atoms with Crippen molar-refractivity contribution in [3.05, 3.63) is 0 Å². The summed E-state index contributed by atoms with van der Waals surface area (Å²) in [6.45, 7) is 1.09. The van der Waals surface area contributed by atoms with Gasteiger partial charge >= 0.3 is 0 Å². The molecule has 1 atom stereocenters. The molecule has 0 radical (unpaired) electrons. The average Bonchev–Trinajstić information content (AvgIpc) is 1.95. The maximum Gasteiger partial charge on any atom is 0.234 e. The zero-order valence-electron chi connectivity index (χ0n) is 6.72. The maximum atomic E-state index is 10.5. The van der Waals surface area contributed by atoms with Gasteiger partial charge in [0.2, 0.25) is 10.2 Å². The molecule has 0 aromatic carbocycles. The number of hydrogen-bond donors (Lipinski definition) is 1. The van der Waals surface area contributed by atoms with Gasteiger partial charge in [-0.3, -0.25) is 9.59 Å². The summed E-state index contributed by atoms with van der Waals surface area (Å²) in [5, 5.41) is 2.13. The van der Waals surface area contributed by atoms with Crippen LogP contribution < -0.4 is 5.32 Å². The summed E-state index contributed by atoms with van der Waals surface area (Å²) in [6.07, 6.45) is -0.800. The standard InChI is InChI=1S/C6H8Cl3NO3/c1-4(12)2-13-5(10-3-11)6(7,8)9/h3,5H,2H2,1H3,(H,10,11). The highest BCUT2D eigenvalue weighted by Gasteiger charge is 2.33. The second kappa shape index (κ2) is 5.65. The predicted octanol–water partition coefficient (Wildman–Crippen LogP) is 1.03. The largest absolute Gasteiger partial charge is 0.346 e. The monoisotopic (exact) mass is 247 g/mol. The number of Topliss-reactive ketones (excluding diaryl/α,β-unsaturated/α-hetero) is 1. The zero-order chi connectivity index (χ0) is 10.5. The lowest BCUT2D eigenvalue weighted by Crippen LogP contribution is -2.42. The van der Waals surface area contributed by atoms with Crippen molar-refractivity contribution in [2.75, 3.05) is 6.61 Å². The van der Waals surface area contributed by atoms with Crippen molar-refractivity contribution >= 4 is 47.0 Å². The number of ether oxygens (including phenoxy) is 1. The third-order valence-corrected chi connectivity index (χ3v) is 1.56. The number of ketones is 1. The van der Waals surface area contributed by atoms with Crippen LogP contribution in [-0.2, 0) is 14.3 Å². The fourth-order valence-electron chi connectivity index (χ4n) is 0.500. The van der Waals surface area contributed by atoms with Crippen LogP contribution in [0, 0.1) is 0 Å². The van der Waals surface area contributed by atoms with Crippen molar-refractivity contribution in [1.29, 1.82) is 0 Å². The molecular formula is C6H8Cl3NO3. The Morgan fingerprint density at radius 3 is 2.46 bits per heavy atom. The Hall–Kier alpha value is -0.0300. The van der Waals surface area contributed by atoms with Gasteiger partial charge in [-0.1, -0.05) is 34.8 Å². The van der Waals surface area contributed by atoms with Gasteiger partial charge in [0.1, 0.15) is 6.61 Å². The van der Waals surface area contributed by atoms with E-state index in [4.69, 9.17) is 39.5 Å². The molecule has 13 heavy (non-hydrogen) atoms. The minimum atomic E-state index is -1.80. The van der Waals surface area contributed by atoms with Crippen LogP contribution in [0.5, 0.6) is 0 Å². The van der Waals surface area contributed by atoms with Crippen LogP contribution in [0.1, 0.15) is 6.92 Å². The topological polar surface area (TPSA) is 55.4 Å². The third-order valence-electron chi connectivity index (χ3n) is 0.970. The first-order valence-corrected chi connectivity index (χ1v) is 4.38. The summed E-state index contributed by atoms with van der Waals surface area (Å²) in [5.41, 5.74) is 0. The number of amides is 1. The number of carbonyl (C=O) groups excluding carboxylic acids is 2. The van der Waals surface area contributed by atoms with Gasteiger partial charge in [0.25, 0.3) is 0 Å². The average molecular weight is 248 g/mol. The van der Waals surface area contributed by atoms with E-state index in [1.165, 1.54) is 6.92 Å². The van der Waals surface area contributed by atoms with E-state index < -0.39 is 10.0 Å². The molecule has 0 aliphatic rings. The van der Waals surface area contributed by atoms with E-state index in [1.807, 2.05) is 0 Å². The van der Waals surface area contributed by atoms with E-state index in [1.54, 1.807) is 0 Å². The number of carbonyl (C=O) groups is 2. The molecule has 0 bridgehead atoms. The van der Waals surface area contributed by atoms with Crippen LogP contribution in [-0.4, -0.2) is 28.8 Å². The number of rotatable bonds is 5. The van der Waals surface area contributed by atoms with E-state index in [2.05, 4.69) is 5.32 Å². The summed E-state index contributed by atoms with van der Waals surface area (Å²) in [5.74, 6) is -0.230. The number of halogens is 3. The Kier molecular flexibility index (Phi) is 5.64. The Morgan fingerprint density at radius 1 is 1.62 bits per heavy atom. The SMILES string of the molecule is CC(=O)COC(NC=O)C(Cl)(Cl)Cl. The molecule has 76 valence electrons. The first kappa shape index (κ1) is 13.0. The molecular weight excluding hydrogens is 240 g/mol. The van der Waals surface area contributed by atoms with Gasteiger partial charge in [-0.05, 0) is 6.92 Å². The van der Waals surface area contributed by atoms with Crippen molar-refractivity contribution in [2.24, 2.45) is 0 Å². The lowest BCUT2D eigenvalue weighted by atomic mass is 10.5. The molecule has 0 aromatic heterocycles. The second-order valence-corrected chi connectivity index (χ2v) is 4.59. The summed E-state index contributed by atoms with van der Waals surface area (Å²) in [7, 11) is 0. The highest BCUT2D eigenvalue weighted by atomic mass is 35.6. The molecule has 0 spiro atoms. The fourth-order valence-corrected chi connectivity index (χ4v) is 0.878. The molecule has 0 fully saturated rings. The van der Waals surface area contributed by atoms with Crippen molar-refractivity contribution in [3.63, 3.8) is 0 Å². The molecule has 1 N–H and O–H groups in total. The van der Waals surface area contributed by atoms with Gasteiger partial charge in [0, 0.05) is 0 Å². The molecule has 0 aromatic rings. The highest BCUT2D eigenvalue weighted by Crippen LogP contribution is 2.30. The normalized spacial score (nSPS) is 13.5. The van der Waals surface area contributed by atoms with E-state index in [9.17, 15) is 9.59 Å². The number of alkyl halides is 3. The lowest BCUT2D eigenvalue weighted by molar-refractivity contribution is -0.126. The number of nitrogens with one attached hydrogen (secondary N) is 1. The van der Waals surface area contributed by atoms with Gasteiger partial charge in [-0.2, -0.15) is 0 Å². The van der Waals surface area contributed by atoms with Gasteiger partial charge in [0.05, 0.1) is 0 Å². The van der Waals surface area contributed by atoms with Gasteiger partial charge in [-0.25, -0.2) is 0 Å². The highest BCUT2D eigenvalue weighted by molar-refractivity contribution is 6.68. The molecule has 0 rings (SSSR count). The predicted molar refractivity (Wildman–Crippen MR) is 49.9 cm³/mol. The molecule has 0 saturated heterocycles. The Labute approximate surface area is 90.5 Å². The van der Waals surface area contributed by atoms with Gasteiger partial charge in [-0.15, -0.1) is 0 Å². The molecule has 0 heterocycles. The Morgan fingerprint density at radius 2 is 2.15 bits per heavy atom. The van der Waals surface area contributed by atoms with Crippen LogP contribution >= 0.6 is 34.8 Å². The van der Waals surface area contributed by atoms with Crippen LogP contribution in [0.4, 0.5) is 0 Å². The minimum absolute atomic E-state index is 0.223. The maximum absolute atomic E-state index is 10.5. The van der Waals surface area contributed by atoms with E-state index in [0.29, 0.717) is 6.41 Å². The van der Waals surface area contributed by atoms with Crippen LogP contribution in [0.2, 0.25) is 0 Å². The van der Waals surface area contributed by atoms with Crippen LogP contribution in [0.3, 0.4) is 0 Å². The summed E-state index contributed by atoms with van der Waals surface area (Å²) in [6, 6.07) is 0. The molecule has 0 saturated carbocycles. The fraction of sp³-hybridized carbons (Fsp3) is 0.667. The van der Waals surface area contributed by atoms with Gasteiger partial charge < -0.3 is 10.1 Å². The summed E-state index contributed by atoms with van der Waals surface area (Å²) >= 11 is 16.3. The van der Waals surface area contributed by atoms with Crippen LogP contribution in [0.25, 0.3) is 0 Å². The van der Waals surface area contributed by atoms with Crippen LogP contribution in [0.15, 0.2) is 0 Å². The van der Waals surface area contributed by atoms with E-state index in [-0.39, 0.29) is 12.4 Å². The molecule has 1 amide bonds. The third kappa shape index (κ3) is 6.10. The number of hydrogen-bond acceptors (Lipinski definition) is 3. The smallest absolute Gasteiger partial charge is 0.234 e. The Bertz CT molecular complexity index is 192. The summed E-state index contributed by atoms with van der Waals surface area (Å²) in [4.78, 5) is 20.6. The zero-order valence-corrected chi connectivity index (χ0v) is 8.99.